The zero-order chi connectivity index (χ0) is 36.9. The number of ether oxygens (including phenoxy) is 3. The van der Waals surface area contributed by atoms with Gasteiger partial charge in [-0.15, -0.1) is 0 Å². The normalized spacial score (nSPS) is 11.1. The minimum atomic E-state index is -0.442. The molecule has 13 heteroatoms. The number of hydrogen-bond donors (Lipinski definition) is 3. The summed E-state index contributed by atoms with van der Waals surface area (Å²) in [6, 6.07) is 36.3. The van der Waals surface area contributed by atoms with Crippen LogP contribution in [0.5, 0.6) is 34.5 Å². The molecule has 0 heterocycles. The monoisotopic (exact) mass is 1380 g/mol. The lowest BCUT2D eigenvalue weighted by Gasteiger charge is -2.13. The van der Waals surface area contributed by atoms with Crippen LogP contribution < -0.4 is 14.2 Å². The summed E-state index contributed by atoms with van der Waals surface area (Å²) in [6.45, 7) is 1.18. The van der Waals surface area contributed by atoms with Crippen LogP contribution in [0.25, 0.3) is 0 Å². The fourth-order valence-electron chi connectivity index (χ4n) is 5.03. The molecule has 0 atom stereocenters. The Morgan fingerprint density at radius 1 is 0.365 bits per heavy atom. The first kappa shape index (κ1) is 40.5. The van der Waals surface area contributed by atoms with Crippen molar-refractivity contribution >= 4 is 146 Å². The Kier molecular flexibility index (Phi) is 14.5. The average molecular weight is 1390 g/mol. The number of phenols is 3. The molecular formula is C39H27I6O6S+. The van der Waals surface area contributed by atoms with E-state index in [1.165, 1.54) is 0 Å². The molecule has 6 aromatic carbocycles. The highest BCUT2D eigenvalue weighted by atomic mass is 127. The zero-order valence-electron chi connectivity index (χ0n) is 26.8. The molecular weight excluding hydrogens is 1360 g/mol. The van der Waals surface area contributed by atoms with Crippen molar-refractivity contribution in [1.29, 1.82) is 0 Å². The first-order chi connectivity index (χ1) is 24.9. The molecule has 0 bridgehead atoms. The number of rotatable bonds is 12. The van der Waals surface area contributed by atoms with E-state index in [0.717, 1.165) is 70.0 Å². The highest BCUT2D eigenvalue weighted by molar-refractivity contribution is 14.1. The van der Waals surface area contributed by atoms with Crippen LogP contribution in [0.3, 0.4) is 0 Å². The number of benzene rings is 6. The van der Waals surface area contributed by atoms with Crippen molar-refractivity contribution in [1.82, 2.24) is 0 Å². The summed E-state index contributed by atoms with van der Waals surface area (Å²) in [6.07, 6.45) is 0. The number of hydrogen-bond acceptors (Lipinski definition) is 6. The highest BCUT2D eigenvalue weighted by Crippen LogP contribution is 2.36. The van der Waals surface area contributed by atoms with Crippen LogP contribution >= 0.6 is 136 Å². The molecule has 0 aliphatic heterocycles. The van der Waals surface area contributed by atoms with E-state index in [1.54, 1.807) is 0 Å². The second kappa shape index (κ2) is 18.7. The quantitative estimate of drug-likeness (QED) is 0.0836. The molecule has 266 valence electrons. The molecule has 0 aromatic heterocycles. The predicted octanol–water partition coefficient (Wildman–Crippen LogP) is 12.3. The molecule has 0 radical (unpaired) electrons. The van der Waals surface area contributed by atoms with E-state index >= 15 is 0 Å². The Hall–Kier alpha value is -1.15. The van der Waals surface area contributed by atoms with Gasteiger partial charge in [-0.3, -0.25) is 0 Å². The largest absolute Gasteiger partial charge is 0.506 e. The van der Waals surface area contributed by atoms with Crippen LogP contribution in [-0.4, -0.2) is 15.3 Å². The van der Waals surface area contributed by atoms with Crippen molar-refractivity contribution in [2.75, 3.05) is 0 Å². The van der Waals surface area contributed by atoms with Gasteiger partial charge in [-0.05, 0) is 261 Å². The van der Waals surface area contributed by atoms with Gasteiger partial charge in [0.1, 0.15) is 54.3 Å². The first-order valence-electron chi connectivity index (χ1n) is 15.4. The summed E-state index contributed by atoms with van der Waals surface area (Å²) in [4.78, 5) is 3.39. The van der Waals surface area contributed by atoms with E-state index in [-0.39, 0.29) is 0 Å². The zero-order valence-corrected chi connectivity index (χ0v) is 40.5. The van der Waals surface area contributed by atoms with E-state index in [9.17, 15) is 15.3 Å². The second-order valence-electron chi connectivity index (χ2n) is 11.3. The van der Waals surface area contributed by atoms with Gasteiger partial charge in [0.2, 0.25) is 0 Å². The van der Waals surface area contributed by atoms with E-state index in [4.69, 9.17) is 14.2 Å². The molecule has 3 N–H and O–H groups in total. The summed E-state index contributed by atoms with van der Waals surface area (Å²) >= 11 is 12.8. The molecule has 0 spiro atoms. The lowest BCUT2D eigenvalue weighted by Crippen LogP contribution is -2.06. The van der Waals surface area contributed by atoms with E-state index in [1.807, 2.05) is 72.8 Å². The van der Waals surface area contributed by atoms with E-state index < -0.39 is 10.9 Å². The predicted molar refractivity (Wildman–Crippen MR) is 255 cm³/mol. The maximum absolute atomic E-state index is 10.1. The van der Waals surface area contributed by atoms with Crippen molar-refractivity contribution in [3.05, 3.63) is 147 Å². The highest BCUT2D eigenvalue weighted by Gasteiger charge is 2.29. The van der Waals surface area contributed by atoms with Crippen LogP contribution in [0.2, 0.25) is 0 Å². The maximum Gasteiger partial charge on any atom is 0.166 e. The van der Waals surface area contributed by atoms with E-state index in [2.05, 4.69) is 172 Å². The third kappa shape index (κ3) is 10.4. The molecule has 6 aromatic rings. The van der Waals surface area contributed by atoms with Gasteiger partial charge in [0.25, 0.3) is 0 Å². The van der Waals surface area contributed by atoms with Gasteiger partial charge in [-0.2, -0.15) is 0 Å². The number of phenolic OH excluding ortho intramolecular Hbond substituents is 3. The van der Waals surface area contributed by atoms with Crippen LogP contribution in [0.15, 0.2) is 124 Å². The fourth-order valence-corrected chi connectivity index (χ4v) is 12.8. The van der Waals surface area contributed by atoms with Crippen LogP contribution in [0, 0.1) is 21.4 Å². The number of aromatic hydroxyl groups is 3. The average Bonchev–Trinajstić information content (AvgIpc) is 3.14. The van der Waals surface area contributed by atoms with Crippen molar-refractivity contribution in [2.24, 2.45) is 0 Å². The maximum atomic E-state index is 10.1. The van der Waals surface area contributed by atoms with Crippen molar-refractivity contribution in [2.45, 2.75) is 34.5 Å². The smallest absolute Gasteiger partial charge is 0.166 e. The standard InChI is InChI=1S/C39H26I6O6S/c40-31-13-22(14-32(41)37(31)46)19-49-25-1-7-28(8-2-25)52(29-9-3-26(4-10-29)50-20-23-15-33(42)38(47)34(43)16-23)30-11-5-27(6-12-30)51-21-24-17-35(44)39(48)36(45)18-24/h1-18H,19-21H2,(H2-,46,47,48)/p+1. The summed E-state index contributed by atoms with van der Waals surface area (Å²) in [7, 11) is -0.442. The molecule has 0 saturated heterocycles. The fraction of sp³-hybridized carbons (Fsp3) is 0.0769. The lowest BCUT2D eigenvalue weighted by molar-refractivity contribution is 0.305. The first-order valence-corrected chi connectivity index (χ1v) is 23.1. The molecule has 0 unspecified atom stereocenters. The minimum absolute atomic E-state index is 0.296. The molecule has 0 fully saturated rings. The Morgan fingerprint density at radius 3 is 0.788 bits per heavy atom. The summed E-state index contributed by atoms with van der Waals surface area (Å²) in [5, 5.41) is 30.4. The molecule has 0 saturated carbocycles. The molecule has 0 amide bonds. The third-order valence-electron chi connectivity index (χ3n) is 7.62. The summed E-state index contributed by atoms with van der Waals surface area (Å²) in [5.74, 6) is 3.16. The Balaban J connectivity index is 1.22. The topological polar surface area (TPSA) is 88.4 Å². The van der Waals surface area contributed by atoms with Crippen LogP contribution in [-0.2, 0) is 30.7 Å². The van der Waals surface area contributed by atoms with Crippen molar-refractivity contribution in [3.8, 4) is 34.5 Å². The van der Waals surface area contributed by atoms with Gasteiger partial charge < -0.3 is 29.5 Å². The van der Waals surface area contributed by atoms with Gasteiger partial charge in [-0.25, -0.2) is 0 Å². The summed E-state index contributed by atoms with van der Waals surface area (Å²) < 4.78 is 23.2. The third-order valence-corrected chi connectivity index (χ3v) is 14.8. The second-order valence-corrected chi connectivity index (χ2v) is 20.3. The summed E-state index contributed by atoms with van der Waals surface area (Å²) in [5.41, 5.74) is 2.97. The van der Waals surface area contributed by atoms with Crippen molar-refractivity contribution in [3.63, 3.8) is 0 Å². The molecule has 0 aliphatic rings. The minimum Gasteiger partial charge on any atom is -0.506 e. The van der Waals surface area contributed by atoms with Gasteiger partial charge in [0.15, 0.2) is 14.7 Å². The van der Waals surface area contributed by atoms with Crippen LogP contribution in [0.1, 0.15) is 16.7 Å². The Labute approximate surface area is 386 Å². The van der Waals surface area contributed by atoms with Crippen molar-refractivity contribution < 1.29 is 29.5 Å². The number of halogens is 6. The van der Waals surface area contributed by atoms with Gasteiger partial charge in [-0.1, -0.05) is 0 Å². The molecule has 0 aliphatic carbocycles. The van der Waals surface area contributed by atoms with Crippen LogP contribution in [0.4, 0.5) is 0 Å². The Morgan fingerprint density at radius 2 is 0.577 bits per heavy atom. The molecule has 6 rings (SSSR count). The molecule has 6 nitrogen and oxygen atoms in total. The van der Waals surface area contributed by atoms with Gasteiger partial charge in [0, 0.05) is 0 Å². The van der Waals surface area contributed by atoms with Gasteiger partial charge in [0.05, 0.1) is 32.3 Å². The lowest BCUT2D eigenvalue weighted by atomic mass is 10.2. The Bertz CT molecular complexity index is 1880. The van der Waals surface area contributed by atoms with Gasteiger partial charge >= 0.3 is 0 Å². The molecule has 52 heavy (non-hydrogen) atoms. The SMILES string of the molecule is Oc1c(I)cc(COc2ccc([S+](c3ccc(OCc4cc(I)c(O)c(I)c4)cc3)c3ccc(OCc4cc(I)c(O)c(I)c4)cc3)cc2)cc1I. The van der Waals surface area contributed by atoms with E-state index in [0.29, 0.717) is 37.1 Å².